The number of benzene rings is 2. The minimum atomic E-state index is -0.205. The van der Waals surface area contributed by atoms with Crippen molar-refractivity contribution in [3.05, 3.63) is 53.6 Å². The lowest BCUT2D eigenvalue weighted by Crippen LogP contribution is -2.52. The van der Waals surface area contributed by atoms with E-state index < -0.39 is 0 Å². The van der Waals surface area contributed by atoms with Crippen molar-refractivity contribution in [3.63, 3.8) is 0 Å². The Morgan fingerprint density at radius 2 is 2.11 bits per heavy atom. The molecule has 2 aliphatic heterocycles. The molecule has 2 amide bonds. The summed E-state index contributed by atoms with van der Waals surface area (Å²) in [5.41, 5.74) is 2.73. The van der Waals surface area contributed by atoms with Crippen LogP contribution in [0.4, 0.5) is 11.4 Å². The number of rotatable bonds is 4. The molecule has 2 aromatic carbocycles. The predicted octanol–water partition coefficient (Wildman–Crippen LogP) is 3.35. The van der Waals surface area contributed by atoms with Crippen molar-refractivity contribution < 1.29 is 14.3 Å². The van der Waals surface area contributed by atoms with E-state index in [-0.39, 0.29) is 18.0 Å². The van der Waals surface area contributed by atoms with E-state index in [4.69, 9.17) is 4.74 Å². The molecule has 0 unspecified atom stereocenters. The first-order valence-corrected chi connectivity index (χ1v) is 9.29. The van der Waals surface area contributed by atoms with Gasteiger partial charge in [-0.3, -0.25) is 9.59 Å². The maximum atomic E-state index is 12.8. The second kappa shape index (κ2) is 6.95. The molecular weight excluding hydrogens is 342 g/mol. The van der Waals surface area contributed by atoms with Gasteiger partial charge in [0.25, 0.3) is 11.8 Å². The summed E-state index contributed by atoms with van der Waals surface area (Å²) >= 11 is 0. The molecule has 2 aliphatic rings. The molecule has 0 spiro atoms. The van der Waals surface area contributed by atoms with Crippen molar-refractivity contribution in [2.24, 2.45) is 0 Å². The smallest absolute Gasteiger partial charge is 0.257 e. The number of nitrogens with zero attached hydrogens (tertiary/aromatic N) is 2. The van der Waals surface area contributed by atoms with Crippen LogP contribution in [0.1, 0.15) is 40.5 Å². The Balaban J connectivity index is 1.64. The molecule has 6 nitrogen and oxygen atoms in total. The molecule has 2 heterocycles. The van der Waals surface area contributed by atoms with E-state index >= 15 is 0 Å². The van der Waals surface area contributed by atoms with Crippen molar-refractivity contribution in [1.29, 1.82) is 0 Å². The monoisotopic (exact) mass is 365 g/mol. The summed E-state index contributed by atoms with van der Waals surface area (Å²) in [5, 5.41) is 2.90. The molecule has 0 aliphatic carbocycles. The second-order valence-corrected chi connectivity index (χ2v) is 6.83. The van der Waals surface area contributed by atoms with Gasteiger partial charge in [-0.25, -0.2) is 0 Å². The lowest BCUT2D eigenvalue weighted by Gasteiger charge is -2.41. The molecule has 0 bridgehead atoms. The van der Waals surface area contributed by atoms with Gasteiger partial charge in [-0.1, -0.05) is 6.07 Å². The molecule has 0 aromatic heterocycles. The lowest BCUT2D eigenvalue weighted by atomic mass is 10.0. The van der Waals surface area contributed by atoms with Gasteiger partial charge < -0.3 is 19.9 Å². The minimum Gasteiger partial charge on any atom is -0.497 e. The number of carbonyl (C=O) groups is 2. The largest absolute Gasteiger partial charge is 0.497 e. The molecule has 2 aromatic rings. The van der Waals surface area contributed by atoms with E-state index in [0.29, 0.717) is 22.6 Å². The zero-order chi connectivity index (χ0) is 19.0. The summed E-state index contributed by atoms with van der Waals surface area (Å²) in [5.74, 6) is 0.544. The molecule has 1 saturated heterocycles. The number of ether oxygens (including phenoxy) is 1. The van der Waals surface area contributed by atoms with E-state index in [1.165, 1.54) is 0 Å². The molecule has 27 heavy (non-hydrogen) atoms. The number of anilines is 2. The number of carbonyl (C=O) groups excluding carboxylic acids is 2. The van der Waals surface area contributed by atoms with Crippen LogP contribution in [0, 0.1) is 0 Å². The van der Waals surface area contributed by atoms with Crippen molar-refractivity contribution in [1.82, 2.24) is 4.90 Å². The lowest BCUT2D eigenvalue weighted by molar-refractivity contribution is 0.0715. The zero-order valence-corrected chi connectivity index (χ0v) is 15.6. The molecular formula is C21H23N3O3. The molecule has 4 rings (SSSR count). The van der Waals surface area contributed by atoms with Gasteiger partial charge in [0.15, 0.2) is 0 Å². The van der Waals surface area contributed by atoms with E-state index in [0.717, 1.165) is 31.6 Å². The molecule has 140 valence electrons. The third-order valence-electron chi connectivity index (χ3n) is 5.31. The van der Waals surface area contributed by atoms with Gasteiger partial charge in [0, 0.05) is 30.4 Å². The Morgan fingerprint density at radius 1 is 1.26 bits per heavy atom. The minimum absolute atomic E-state index is 0.0666. The topological polar surface area (TPSA) is 61.9 Å². The summed E-state index contributed by atoms with van der Waals surface area (Å²) < 4.78 is 5.20. The summed E-state index contributed by atoms with van der Waals surface area (Å²) in [6, 6.07) is 12.6. The fourth-order valence-corrected chi connectivity index (χ4v) is 4.00. The van der Waals surface area contributed by atoms with Crippen LogP contribution in [0.15, 0.2) is 42.5 Å². The Bertz CT molecular complexity index is 896. The van der Waals surface area contributed by atoms with Gasteiger partial charge in [0.05, 0.1) is 18.4 Å². The SMILES string of the molecule is CCN1c2cc(C(=O)Nc3cccc(OC)c3)ccc2C(=O)N2CCC[C@@H]21. The van der Waals surface area contributed by atoms with Crippen LogP contribution in [0.25, 0.3) is 0 Å². The molecule has 1 fully saturated rings. The van der Waals surface area contributed by atoms with E-state index in [1.54, 1.807) is 25.3 Å². The quantitative estimate of drug-likeness (QED) is 0.903. The summed E-state index contributed by atoms with van der Waals surface area (Å²) in [6.07, 6.45) is 2.09. The maximum absolute atomic E-state index is 12.8. The third kappa shape index (κ3) is 3.01. The van der Waals surface area contributed by atoms with Gasteiger partial charge in [0.1, 0.15) is 11.9 Å². The van der Waals surface area contributed by atoms with Gasteiger partial charge in [0.2, 0.25) is 0 Å². The first-order chi connectivity index (χ1) is 13.1. The van der Waals surface area contributed by atoms with Crippen molar-refractivity contribution in [2.75, 3.05) is 30.4 Å². The Hall–Kier alpha value is -3.02. The Labute approximate surface area is 158 Å². The van der Waals surface area contributed by atoms with Crippen LogP contribution < -0.4 is 15.0 Å². The number of fused-ring (bicyclic) bond motifs is 2. The van der Waals surface area contributed by atoms with Crippen LogP contribution in [-0.2, 0) is 0 Å². The number of methoxy groups -OCH3 is 1. The van der Waals surface area contributed by atoms with Crippen molar-refractivity contribution >= 4 is 23.2 Å². The van der Waals surface area contributed by atoms with Crippen LogP contribution in [-0.4, -0.2) is 43.1 Å². The first kappa shape index (κ1) is 17.4. The van der Waals surface area contributed by atoms with Crippen LogP contribution in [0.5, 0.6) is 5.75 Å². The van der Waals surface area contributed by atoms with E-state index in [1.807, 2.05) is 29.2 Å². The third-order valence-corrected chi connectivity index (χ3v) is 5.31. The molecule has 1 N–H and O–H groups in total. The number of hydrogen-bond donors (Lipinski definition) is 1. The average molecular weight is 365 g/mol. The highest BCUT2D eigenvalue weighted by molar-refractivity contribution is 6.08. The second-order valence-electron chi connectivity index (χ2n) is 6.83. The van der Waals surface area contributed by atoms with Gasteiger partial charge in [-0.05, 0) is 50.1 Å². The first-order valence-electron chi connectivity index (χ1n) is 9.29. The normalized spacial score (nSPS) is 18.1. The fourth-order valence-electron chi connectivity index (χ4n) is 4.00. The van der Waals surface area contributed by atoms with Crippen LogP contribution in [0.3, 0.4) is 0 Å². The van der Waals surface area contributed by atoms with Crippen molar-refractivity contribution in [2.45, 2.75) is 25.9 Å². The van der Waals surface area contributed by atoms with Gasteiger partial charge in [-0.15, -0.1) is 0 Å². The predicted molar refractivity (Wildman–Crippen MR) is 104 cm³/mol. The molecule has 6 heteroatoms. The number of hydrogen-bond acceptors (Lipinski definition) is 4. The standard InChI is InChI=1S/C21H23N3O3/c1-3-23-18-12-14(20(25)22-15-6-4-7-16(13-15)27-2)9-10-17(18)21(26)24-11-5-8-19(23)24/h4,6-7,9-10,12-13,19H,3,5,8,11H2,1-2H3,(H,22,25)/t19-/m1/s1. The highest BCUT2D eigenvalue weighted by Crippen LogP contribution is 2.36. The van der Waals surface area contributed by atoms with Gasteiger partial charge >= 0.3 is 0 Å². The Morgan fingerprint density at radius 3 is 2.89 bits per heavy atom. The highest BCUT2D eigenvalue weighted by Gasteiger charge is 2.39. The Kier molecular flexibility index (Phi) is 4.48. The average Bonchev–Trinajstić information content (AvgIpc) is 3.18. The molecule has 0 saturated carbocycles. The van der Waals surface area contributed by atoms with Crippen molar-refractivity contribution in [3.8, 4) is 5.75 Å². The fraction of sp³-hybridized carbons (Fsp3) is 0.333. The van der Waals surface area contributed by atoms with Gasteiger partial charge in [-0.2, -0.15) is 0 Å². The van der Waals surface area contributed by atoms with E-state index in [2.05, 4.69) is 17.1 Å². The summed E-state index contributed by atoms with van der Waals surface area (Å²) in [4.78, 5) is 29.7. The molecule has 1 atom stereocenters. The number of nitrogens with one attached hydrogen (secondary N) is 1. The zero-order valence-electron chi connectivity index (χ0n) is 15.6. The maximum Gasteiger partial charge on any atom is 0.257 e. The van der Waals surface area contributed by atoms with Crippen LogP contribution >= 0.6 is 0 Å². The highest BCUT2D eigenvalue weighted by atomic mass is 16.5. The number of amides is 2. The molecule has 0 radical (unpaired) electrons. The summed E-state index contributed by atoms with van der Waals surface area (Å²) in [7, 11) is 1.59. The summed E-state index contributed by atoms with van der Waals surface area (Å²) in [6.45, 7) is 3.68. The van der Waals surface area contributed by atoms with E-state index in [9.17, 15) is 9.59 Å². The van der Waals surface area contributed by atoms with Crippen LogP contribution in [0.2, 0.25) is 0 Å².